The zero-order valence-corrected chi connectivity index (χ0v) is 7.11. The number of rotatable bonds is 2. The van der Waals surface area contributed by atoms with Crippen molar-refractivity contribution in [3.63, 3.8) is 0 Å². The number of ketones is 1. The summed E-state index contributed by atoms with van der Waals surface area (Å²) >= 11 is 0. The third-order valence-electron chi connectivity index (χ3n) is 2.91. The van der Waals surface area contributed by atoms with E-state index in [2.05, 4.69) is 13.8 Å². The minimum Gasteiger partial charge on any atom is -0.299 e. The lowest BCUT2D eigenvalue weighted by atomic mass is 9.60. The van der Waals surface area contributed by atoms with Crippen LogP contribution in [0.25, 0.3) is 0 Å². The second-order valence-electron chi connectivity index (χ2n) is 3.80. The molecular weight excluding hydrogens is 124 g/mol. The molecule has 0 aliphatic heterocycles. The fourth-order valence-electron chi connectivity index (χ4n) is 1.79. The third kappa shape index (κ3) is 1.09. The van der Waals surface area contributed by atoms with Gasteiger partial charge in [-0.2, -0.15) is 0 Å². The Labute approximate surface area is 62.8 Å². The number of carbonyl (C=O) groups is 1. The highest BCUT2D eigenvalue weighted by Gasteiger charge is 2.42. The van der Waals surface area contributed by atoms with Crippen LogP contribution in [0.4, 0.5) is 0 Å². The first-order valence-electron chi connectivity index (χ1n) is 4.09. The first kappa shape index (κ1) is 7.77. The standard InChI is InChI=1S/C9H16O/c1-4-8-5-9(3,6-8)7(2)10/h8H,4-6H2,1-3H3. The van der Waals surface area contributed by atoms with Gasteiger partial charge in [0, 0.05) is 5.41 Å². The maximum absolute atomic E-state index is 11.0. The van der Waals surface area contributed by atoms with E-state index in [1.807, 2.05) is 0 Å². The first-order valence-corrected chi connectivity index (χ1v) is 4.09. The Balaban J connectivity index is 2.42. The molecule has 0 unspecified atom stereocenters. The Morgan fingerprint density at radius 3 is 2.40 bits per heavy atom. The van der Waals surface area contributed by atoms with Crippen LogP contribution in [0.3, 0.4) is 0 Å². The molecule has 0 spiro atoms. The Morgan fingerprint density at radius 1 is 1.60 bits per heavy atom. The summed E-state index contributed by atoms with van der Waals surface area (Å²) in [6.07, 6.45) is 3.49. The maximum atomic E-state index is 11.0. The summed E-state index contributed by atoms with van der Waals surface area (Å²) in [5.74, 6) is 1.20. The average Bonchev–Trinajstić information content (AvgIpc) is 1.80. The van der Waals surface area contributed by atoms with Crippen molar-refractivity contribution < 1.29 is 4.79 Å². The maximum Gasteiger partial charge on any atom is 0.135 e. The normalized spacial score (nSPS) is 38.9. The van der Waals surface area contributed by atoms with Crippen LogP contribution in [0, 0.1) is 11.3 Å². The van der Waals surface area contributed by atoms with Gasteiger partial charge in [0.25, 0.3) is 0 Å². The van der Waals surface area contributed by atoms with Crippen LogP contribution in [-0.4, -0.2) is 5.78 Å². The SMILES string of the molecule is CCC1CC(C)(C(C)=O)C1. The Bertz CT molecular complexity index is 143. The molecule has 0 aromatic carbocycles. The van der Waals surface area contributed by atoms with Crippen molar-refractivity contribution in [1.82, 2.24) is 0 Å². The molecule has 1 heteroatoms. The number of hydrogen-bond acceptors (Lipinski definition) is 1. The quantitative estimate of drug-likeness (QED) is 0.575. The molecule has 1 rings (SSSR count). The van der Waals surface area contributed by atoms with Crippen LogP contribution in [0.2, 0.25) is 0 Å². The number of hydrogen-bond donors (Lipinski definition) is 0. The molecule has 1 saturated carbocycles. The van der Waals surface area contributed by atoms with Crippen molar-refractivity contribution in [3.8, 4) is 0 Å². The fraction of sp³-hybridized carbons (Fsp3) is 0.889. The van der Waals surface area contributed by atoms with Crippen molar-refractivity contribution in [2.45, 2.75) is 40.0 Å². The molecule has 1 aliphatic carbocycles. The van der Waals surface area contributed by atoms with Gasteiger partial charge in [-0.15, -0.1) is 0 Å². The summed E-state index contributed by atoms with van der Waals surface area (Å²) in [6, 6.07) is 0. The molecule has 0 radical (unpaired) electrons. The molecule has 0 aromatic heterocycles. The van der Waals surface area contributed by atoms with Crippen LogP contribution < -0.4 is 0 Å². The summed E-state index contributed by atoms with van der Waals surface area (Å²) in [5.41, 5.74) is 0.0562. The summed E-state index contributed by atoms with van der Waals surface area (Å²) in [6.45, 7) is 6.00. The van der Waals surface area contributed by atoms with Gasteiger partial charge in [-0.3, -0.25) is 4.79 Å². The van der Waals surface area contributed by atoms with Gasteiger partial charge in [-0.05, 0) is 25.7 Å². The van der Waals surface area contributed by atoms with E-state index < -0.39 is 0 Å². The van der Waals surface area contributed by atoms with E-state index in [-0.39, 0.29) is 5.41 Å². The van der Waals surface area contributed by atoms with E-state index in [0.29, 0.717) is 5.78 Å². The van der Waals surface area contributed by atoms with Gasteiger partial charge in [-0.1, -0.05) is 20.3 Å². The summed E-state index contributed by atoms with van der Waals surface area (Å²) in [7, 11) is 0. The van der Waals surface area contributed by atoms with Crippen LogP contribution in [-0.2, 0) is 4.79 Å². The van der Waals surface area contributed by atoms with Crippen molar-refractivity contribution in [3.05, 3.63) is 0 Å². The molecule has 0 N–H and O–H groups in total. The second-order valence-corrected chi connectivity index (χ2v) is 3.80. The minimum atomic E-state index is 0.0562. The van der Waals surface area contributed by atoms with Gasteiger partial charge in [-0.25, -0.2) is 0 Å². The monoisotopic (exact) mass is 140 g/mol. The molecule has 0 bridgehead atoms. The smallest absolute Gasteiger partial charge is 0.135 e. The Morgan fingerprint density at radius 2 is 2.10 bits per heavy atom. The molecule has 0 atom stereocenters. The summed E-state index contributed by atoms with van der Waals surface area (Å²) < 4.78 is 0. The van der Waals surface area contributed by atoms with E-state index in [1.165, 1.54) is 6.42 Å². The van der Waals surface area contributed by atoms with Crippen LogP contribution in [0.15, 0.2) is 0 Å². The topological polar surface area (TPSA) is 17.1 Å². The highest BCUT2D eigenvalue weighted by atomic mass is 16.1. The molecule has 10 heavy (non-hydrogen) atoms. The zero-order valence-electron chi connectivity index (χ0n) is 7.11. The molecular formula is C9H16O. The lowest BCUT2D eigenvalue weighted by molar-refractivity contribution is -0.133. The highest BCUT2D eigenvalue weighted by molar-refractivity contribution is 5.82. The molecule has 0 saturated heterocycles. The van der Waals surface area contributed by atoms with Crippen LogP contribution in [0.1, 0.15) is 40.0 Å². The van der Waals surface area contributed by atoms with Crippen LogP contribution >= 0.6 is 0 Å². The van der Waals surface area contributed by atoms with E-state index in [1.54, 1.807) is 6.92 Å². The molecule has 1 aliphatic rings. The molecule has 0 amide bonds. The molecule has 1 fully saturated rings. The van der Waals surface area contributed by atoms with Crippen molar-refractivity contribution in [1.29, 1.82) is 0 Å². The predicted octanol–water partition coefficient (Wildman–Crippen LogP) is 2.40. The molecule has 0 aromatic rings. The second kappa shape index (κ2) is 2.37. The van der Waals surface area contributed by atoms with Gasteiger partial charge >= 0.3 is 0 Å². The lowest BCUT2D eigenvalue weighted by Gasteiger charge is -2.43. The summed E-state index contributed by atoms with van der Waals surface area (Å²) in [4.78, 5) is 11.0. The van der Waals surface area contributed by atoms with Gasteiger partial charge in [0.1, 0.15) is 5.78 Å². The number of carbonyl (C=O) groups excluding carboxylic acids is 1. The summed E-state index contributed by atoms with van der Waals surface area (Å²) in [5, 5.41) is 0. The van der Waals surface area contributed by atoms with Gasteiger partial charge in [0.05, 0.1) is 0 Å². The molecule has 1 nitrogen and oxygen atoms in total. The van der Waals surface area contributed by atoms with E-state index in [0.717, 1.165) is 18.8 Å². The molecule has 58 valence electrons. The van der Waals surface area contributed by atoms with E-state index in [9.17, 15) is 4.79 Å². The van der Waals surface area contributed by atoms with Crippen molar-refractivity contribution >= 4 is 5.78 Å². The fourth-order valence-corrected chi connectivity index (χ4v) is 1.79. The Hall–Kier alpha value is -0.330. The van der Waals surface area contributed by atoms with Gasteiger partial charge in [0.2, 0.25) is 0 Å². The van der Waals surface area contributed by atoms with E-state index >= 15 is 0 Å². The Kier molecular flexibility index (Phi) is 1.84. The highest BCUT2D eigenvalue weighted by Crippen LogP contribution is 2.47. The van der Waals surface area contributed by atoms with Crippen LogP contribution in [0.5, 0.6) is 0 Å². The predicted molar refractivity (Wildman–Crippen MR) is 41.8 cm³/mol. The van der Waals surface area contributed by atoms with Gasteiger partial charge < -0.3 is 0 Å². The lowest BCUT2D eigenvalue weighted by Crippen LogP contribution is -2.39. The van der Waals surface area contributed by atoms with Gasteiger partial charge in [0.15, 0.2) is 0 Å². The average molecular weight is 140 g/mol. The number of Topliss-reactive ketones (excluding diaryl/α,β-unsaturated/α-hetero) is 1. The third-order valence-corrected chi connectivity index (χ3v) is 2.91. The minimum absolute atomic E-state index is 0.0562. The van der Waals surface area contributed by atoms with E-state index in [4.69, 9.17) is 0 Å². The van der Waals surface area contributed by atoms with Crippen molar-refractivity contribution in [2.24, 2.45) is 11.3 Å². The largest absolute Gasteiger partial charge is 0.299 e. The molecule has 0 heterocycles. The first-order chi connectivity index (χ1) is 4.58. The zero-order chi connectivity index (χ0) is 7.78. The van der Waals surface area contributed by atoms with Crippen molar-refractivity contribution in [2.75, 3.05) is 0 Å².